The molecule has 0 saturated heterocycles. The van der Waals surface area contributed by atoms with Gasteiger partial charge in [-0.2, -0.15) is 5.10 Å². The summed E-state index contributed by atoms with van der Waals surface area (Å²) in [5.41, 5.74) is 2.84. The van der Waals surface area contributed by atoms with Crippen LogP contribution in [0.5, 0.6) is 5.88 Å². The van der Waals surface area contributed by atoms with Crippen LogP contribution < -0.4 is 10.1 Å². The van der Waals surface area contributed by atoms with Crippen LogP contribution in [-0.2, 0) is 13.5 Å². The van der Waals surface area contributed by atoms with E-state index in [0.29, 0.717) is 17.5 Å². The van der Waals surface area contributed by atoms with E-state index in [0.717, 1.165) is 23.5 Å². The number of rotatable bonds is 6. The Labute approximate surface area is 129 Å². The van der Waals surface area contributed by atoms with Crippen molar-refractivity contribution >= 4 is 11.6 Å². The predicted molar refractivity (Wildman–Crippen MR) is 81.7 cm³/mol. The van der Waals surface area contributed by atoms with Gasteiger partial charge in [0, 0.05) is 18.7 Å². The molecule has 6 nitrogen and oxygen atoms in total. The second-order valence-corrected chi connectivity index (χ2v) is 5.14. The summed E-state index contributed by atoms with van der Waals surface area (Å²) in [7, 11) is 3.44. The molecule has 0 saturated carbocycles. The van der Waals surface area contributed by atoms with Gasteiger partial charge in [-0.15, -0.1) is 0 Å². The zero-order valence-corrected chi connectivity index (χ0v) is 13.5. The Morgan fingerprint density at radius 3 is 2.76 bits per heavy atom. The summed E-state index contributed by atoms with van der Waals surface area (Å²) in [5.74, 6) is 0.553. The second-order valence-electron chi connectivity index (χ2n) is 4.78. The maximum atomic E-state index is 6.32. The number of ether oxygens (including phenoxy) is 1. The molecule has 0 aliphatic carbocycles. The summed E-state index contributed by atoms with van der Waals surface area (Å²) in [4.78, 5) is 8.39. The molecule has 0 bridgehead atoms. The lowest BCUT2D eigenvalue weighted by Gasteiger charge is -2.17. The highest BCUT2D eigenvalue weighted by molar-refractivity contribution is 6.30. The molecule has 2 aromatic heterocycles. The zero-order chi connectivity index (χ0) is 15.4. The van der Waals surface area contributed by atoms with Crippen molar-refractivity contribution in [2.24, 2.45) is 7.05 Å². The molecule has 2 heterocycles. The Hall–Kier alpha value is -1.66. The number of nitrogens with one attached hydrogen (secondary N) is 1. The Morgan fingerprint density at radius 2 is 2.19 bits per heavy atom. The number of aromatic nitrogens is 4. The van der Waals surface area contributed by atoms with Crippen molar-refractivity contribution in [3.8, 4) is 5.88 Å². The lowest BCUT2D eigenvalue weighted by Crippen LogP contribution is -2.24. The monoisotopic (exact) mass is 309 g/mol. The smallest absolute Gasteiger partial charge is 0.216 e. The molecular formula is C14H20ClN5O. The van der Waals surface area contributed by atoms with Gasteiger partial charge in [-0.25, -0.2) is 9.97 Å². The van der Waals surface area contributed by atoms with Crippen LogP contribution >= 0.6 is 11.6 Å². The number of hydrogen-bond acceptors (Lipinski definition) is 5. The number of nitrogens with zero attached hydrogens (tertiary/aromatic N) is 4. The highest BCUT2D eigenvalue weighted by Crippen LogP contribution is 2.25. The first-order valence-corrected chi connectivity index (χ1v) is 7.21. The minimum atomic E-state index is 0.0345. The van der Waals surface area contributed by atoms with Gasteiger partial charge in [0.05, 0.1) is 24.5 Å². The van der Waals surface area contributed by atoms with Gasteiger partial charge >= 0.3 is 0 Å². The molecule has 21 heavy (non-hydrogen) atoms. The highest BCUT2D eigenvalue weighted by atomic mass is 35.5. The molecule has 2 aromatic rings. The van der Waals surface area contributed by atoms with Crippen molar-refractivity contribution < 1.29 is 4.74 Å². The fourth-order valence-corrected chi connectivity index (χ4v) is 2.54. The minimum absolute atomic E-state index is 0.0345. The first-order chi connectivity index (χ1) is 10.1. The van der Waals surface area contributed by atoms with E-state index >= 15 is 0 Å². The lowest BCUT2D eigenvalue weighted by atomic mass is 10.0. The van der Waals surface area contributed by atoms with Crippen LogP contribution in [0.15, 0.2) is 12.4 Å². The molecule has 0 fully saturated rings. The van der Waals surface area contributed by atoms with Crippen molar-refractivity contribution in [2.45, 2.75) is 26.3 Å². The third-order valence-corrected chi connectivity index (χ3v) is 3.83. The molecular weight excluding hydrogens is 290 g/mol. The summed E-state index contributed by atoms with van der Waals surface area (Å²) in [5, 5.41) is 8.43. The molecule has 0 amide bonds. The summed E-state index contributed by atoms with van der Waals surface area (Å²) in [6.07, 6.45) is 2.22. The van der Waals surface area contributed by atoms with Crippen molar-refractivity contribution in [3.63, 3.8) is 0 Å². The normalized spacial score (nSPS) is 12.4. The maximum absolute atomic E-state index is 6.32. The van der Waals surface area contributed by atoms with Crippen LogP contribution in [0, 0.1) is 6.92 Å². The van der Waals surface area contributed by atoms with Crippen molar-refractivity contribution in [1.82, 2.24) is 25.1 Å². The minimum Gasteiger partial charge on any atom is -0.481 e. The standard InChI is InChI=1S/C14H20ClN5O/c1-5-16-11(12-7-13(21-4)18-8-17-12)6-10-9(2)19-20(3)14(10)15/h7-8,11,16H,5-6H2,1-4H3. The van der Waals surface area contributed by atoms with E-state index in [2.05, 4.69) is 27.3 Å². The number of methoxy groups -OCH3 is 1. The van der Waals surface area contributed by atoms with Gasteiger partial charge in [0.1, 0.15) is 11.5 Å². The van der Waals surface area contributed by atoms with Crippen molar-refractivity contribution in [1.29, 1.82) is 0 Å². The topological polar surface area (TPSA) is 64.9 Å². The van der Waals surface area contributed by atoms with Gasteiger partial charge in [-0.05, 0) is 19.9 Å². The van der Waals surface area contributed by atoms with Crippen molar-refractivity contribution in [2.75, 3.05) is 13.7 Å². The second kappa shape index (κ2) is 6.87. The van der Waals surface area contributed by atoms with Gasteiger partial charge in [-0.3, -0.25) is 4.68 Å². The molecule has 2 rings (SSSR count). The van der Waals surface area contributed by atoms with E-state index in [1.165, 1.54) is 6.33 Å². The Morgan fingerprint density at radius 1 is 1.43 bits per heavy atom. The summed E-state index contributed by atoms with van der Waals surface area (Å²) >= 11 is 6.32. The maximum Gasteiger partial charge on any atom is 0.216 e. The van der Waals surface area contributed by atoms with Crippen LogP contribution in [0.3, 0.4) is 0 Å². The van der Waals surface area contributed by atoms with Gasteiger partial charge in [-0.1, -0.05) is 18.5 Å². The number of likely N-dealkylation sites (N-methyl/N-ethyl adjacent to an activating group) is 1. The summed E-state index contributed by atoms with van der Waals surface area (Å²) in [6.45, 7) is 4.85. The third-order valence-electron chi connectivity index (χ3n) is 3.36. The number of aryl methyl sites for hydroxylation is 2. The van der Waals surface area contributed by atoms with E-state index in [1.54, 1.807) is 11.8 Å². The fourth-order valence-electron chi connectivity index (χ4n) is 2.29. The molecule has 0 aliphatic rings. The molecule has 0 radical (unpaired) electrons. The van der Waals surface area contributed by atoms with E-state index in [4.69, 9.17) is 16.3 Å². The van der Waals surface area contributed by atoms with Gasteiger partial charge in [0.2, 0.25) is 5.88 Å². The Bertz CT molecular complexity index is 613. The molecule has 1 atom stereocenters. The average molecular weight is 310 g/mol. The van der Waals surface area contributed by atoms with E-state index in [9.17, 15) is 0 Å². The van der Waals surface area contributed by atoms with E-state index in [-0.39, 0.29) is 6.04 Å². The van der Waals surface area contributed by atoms with E-state index in [1.807, 2.05) is 20.0 Å². The number of halogens is 1. The van der Waals surface area contributed by atoms with Crippen LogP contribution in [0.2, 0.25) is 5.15 Å². The molecule has 1 unspecified atom stereocenters. The van der Waals surface area contributed by atoms with Crippen LogP contribution in [-0.4, -0.2) is 33.4 Å². The third kappa shape index (κ3) is 3.51. The Balaban J connectivity index is 2.30. The quantitative estimate of drug-likeness (QED) is 0.885. The predicted octanol–water partition coefficient (Wildman–Crippen LogP) is 2.07. The summed E-state index contributed by atoms with van der Waals surface area (Å²) < 4.78 is 6.85. The van der Waals surface area contributed by atoms with Gasteiger partial charge in [0.25, 0.3) is 0 Å². The molecule has 1 N–H and O–H groups in total. The Kier molecular flexibility index (Phi) is 5.14. The summed E-state index contributed by atoms with van der Waals surface area (Å²) in [6, 6.07) is 1.87. The van der Waals surface area contributed by atoms with Gasteiger partial charge in [0.15, 0.2) is 0 Å². The molecule has 114 valence electrons. The van der Waals surface area contributed by atoms with Crippen LogP contribution in [0.25, 0.3) is 0 Å². The lowest BCUT2D eigenvalue weighted by molar-refractivity contribution is 0.393. The number of hydrogen-bond donors (Lipinski definition) is 1. The van der Waals surface area contributed by atoms with E-state index < -0.39 is 0 Å². The molecule has 7 heteroatoms. The highest BCUT2D eigenvalue weighted by Gasteiger charge is 2.19. The molecule has 0 aromatic carbocycles. The first-order valence-electron chi connectivity index (χ1n) is 6.84. The SMILES string of the molecule is CCNC(Cc1c(C)nn(C)c1Cl)c1cc(OC)ncn1. The van der Waals surface area contributed by atoms with Crippen LogP contribution in [0.4, 0.5) is 0 Å². The molecule has 0 spiro atoms. The zero-order valence-electron chi connectivity index (χ0n) is 12.7. The average Bonchev–Trinajstić information content (AvgIpc) is 2.73. The first kappa shape index (κ1) is 15.7. The van der Waals surface area contributed by atoms with Crippen molar-refractivity contribution in [3.05, 3.63) is 34.5 Å². The van der Waals surface area contributed by atoms with Gasteiger partial charge < -0.3 is 10.1 Å². The van der Waals surface area contributed by atoms with Crippen LogP contribution in [0.1, 0.15) is 29.9 Å². The largest absolute Gasteiger partial charge is 0.481 e. The molecule has 0 aliphatic heterocycles. The fraction of sp³-hybridized carbons (Fsp3) is 0.500.